The van der Waals surface area contributed by atoms with E-state index in [0.717, 1.165) is 14.4 Å². The van der Waals surface area contributed by atoms with Crippen LogP contribution in [0, 0.1) is 0 Å². The number of halogens is 1. The van der Waals surface area contributed by atoms with Crippen molar-refractivity contribution in [2.75, 3.05) is 11.9 Å². The van der Waals surface area contributed by atoms with Crippen LogP contribution in [-0.4, -0.2) is 23.6 Å². The van der Waals surface area contributed by atoms with Crippen molar-refractivity contribution in [3.63, 3.8) is 0 Å². The summed E-state index contributed by atoms with van der Waals surface area (Å²) in [4.78, 5) is 17.9. The van der Waals surface area contributed by atoms with Gasteiger partial charge in [-0.25, -0.2) is 4.98 Å². The molecule has 2 aromatic heterocycles. The van der Waals surface area contributed by atoms with E-state index in [1.807, 2.05) is 35.7 Å². The van der Waals surface area contributed by atoms with E-state index in [1.54, 1.807) is 17.4 Å². The van der Waals surface area contributed by atoms with Crippen molar-refractivity contribution < 1.29 is 14.3 Å². The minimum atomic E-state index is -0.692. The second kappa shape index (κ2) is 6.54. The number of aromatic nitrogens is 1. The van der Waals surface area contributed by atoms with Gasteiger partial charge in [0.05, 0.1) is 14.4 Å². The predicted octanol–water partition coefficient (Wildman–Crippen LogP) is 4.41. The largest absolute Gasteiger partial charge is 0.485 e. The summed E-state index contributed by atoms with van der Waals surface area (Å²) in [6, 6.07) is 11.3. The fraction of sp³-hybridized carbons (Fsp3) is 0.125. The van der Waals surface area contributed by atoms with Crippen LogP contribution in [0.4, 0.5) is 5.13 Å². The summed E-state index contributed by atoms with van der Waals surface area (Å²) in [6.45, 7) is 0.180. The summed E-state index contributed by atoms with van der Waals surface area (Å²) in [6.07, 6.45) is -0.692. The van der Waals surface area contributed by atoms with Crippen molar-refractivity contribution in [1.29, 1.82) is 0 Å². The molecule has 3 heterocycles. The van der Waals surface area contributed by atoms with Crippen LogP contribution in [0.2, 0.25) is 0 Å². The number of nitrogens with one attached hydrogen (secondary N) is 1. The van der Waals surface area contributed by atoms with Gasteiger partial charge in [0, 0.05) is 5.38 Å². The number of ether oxygens (including phenoxy) is 2. The Labute approximate surface area is 154 Å². The standard InChI is InChI=1S/C16H11BrN2O3S2/c17-14-6-5-13(24-14)9-8-23-16(18-9)19-15(20)12-7-21-10-3-1-2-4-11(10)22-12/h1-6,8,12H,7H2,(H,18,19,20)/t12-/m0/s1. The van der Waals surface area contributed by atoms with Crippen molar-refractivity contribution in [3.8, 4) is 22.1 Å². The van der Waals surface area contributed by atoms with Crippen LogP contribution < -0.4 is 14.8 Å². The lowest BCUT2D eigenvalue weighted by molar-refractivity contribution is -0.125. The summed E-state index contributed by atoms with van der Waals surface area (Å²) in [5.41, 5.74) is 0.845. The SMILES string of the molecule is O=C(Nc1nc(-c2ccc(Br)s2)cs1)[C@@H]1COc2ccccc2O1. The van der Waals surface area contributed by atoms with Crippen LogP contribution in [0.5, 0.6) is 11.5 Å². The molecule has 0 spiro atoms. The first-order valence-electron chi connectivity index (χ1n) is 7.09. The second-order valence-electron chi connectivity index (χ2n) is 5.00. The molecule has 0 aliphatic carbocycles. The molecule has 122 valence electrons. The molecule has 1 aliphatic rings. The first kappa shape index (κ1) is 15.6. The molecule has 5 nitrogen and oxygen atoms in total. The molecule has 1 amide bonds. The highest BCUT2D eigenvalue weighted by atomic mass is 79.9. The van der Waals surface area contributed by atoms with Crippen molar-refractivity contribution >= 4 is 49.6 Å². The quantitative estimate of drug-likeness (QED) is 0.678. The fourth-order valence-electron chi connectivity index (χ4n) is 2.23. The minimum absolute atomic E-state index is 0.180. The third-order valence-electron chi connectivity index (χ3n) is 3.36. The average Bonchev–Trinajstić information content (AvgIpc) is 3.23. The maximum Gasteiger partial charge on any atom is 0.270 e. The Morgan fingerprint density at radius 3 is 2.88 bits per heavy atom. The molecule has 0 radical (unpaired) electrons. The number of thiazole rings is 1. The number of hydrogen-bond acceptors (Lipinski definition) is 6. The smallest absolute Gasteiger partial charge is 0.270 e. The third kappa shape index (κ3) is 3.17. The van der Waals surface area contributed by atoms with Crippen LogP contribution in [0.3, 0.4) is 0 Å². The molecule has 0 saturated heterocycles. The number of para-hydroxylation sites is 2. The topological polar surface area (TPSA) is 60.5 Å². The van der Waals surface area contributed by atoms with Gasteiger partial charge in [0.15, 0.2) is 16.6 Å². The van der Waals surface area contributed by atoms with Gasteiger partial charge in [-0.05, 0) is 40.2 Å². The number of carbonyl (C=O) groups is 1. The molecule has 0 saturated carbocycles. The van der Waals surface area contributed by atoms with Crippen molar-refractivity contribution in [2.45, 2.75) is 6.10 Å². The number of amides is 1. The van der Waals surface area contributed by atoms with Crippen molar-refractivity contribution in [2.24, 2.45) is 0 Å². The molecule has 0 bridgehead atoms. The Kier molecular flexibility index (Phi) is 4.26. The summed E-state index contributed by atoms with van der Waals surface area (Å²) in [7, 11) is 0. The number of thiophene rings is 1. The molecule has 0 fully saturated rings. The molecule has 3 aromatic rings. The average molecular weight is 423 g/mol. The maximum absolute atomic E-state index is 12.4. The molecular formula is C16H11BrN2O3S2. The Bertz CT molecular complexity index is 893. The Hall–Kier alpha value is -1.90. The first-order chi connectivity index (χ1) is 11.7. The lowest BCUT2D eigenvalue weighted by atomic mass is 10.2. The lowest BCUT2D eigenvalue weighted by Gasteiger charge is -2.25. The molecule has 1 N–H and O–H groups in total. The van der Waals surface area contributed by atoms with Gasteiger partial charge in [-0.1, -0.05) is 12.1 Å². The molecule has 0 unspecified atom stereocenters. The van der Waals surface area contributed by atoms with Gasteiger partial charge in [0.2, 0.25) is 6.10 Å². The number of nitrogens with zero attached hydrogens (tertiary/aromatic N) is 1. The van der Waals surface area contributed by atoms with E-state index in [4.69, 9.17) is 9.47 Å². The van der Waals surface area contributed by atoms with Crippen LogP contribution in [0.1, 0.15) is 0 Å². The van der Waals surface area contributed by atoms with E-state index in [2.05, 4.69) is 26.2 Å². The minimum Gasteiger partial charge on any atom is -0.485 e. The molecule has 8 heteroatoms. The molecule has 1 aliphatic heterocycles. The van der Waals surface area contributed by atoms with Crippen LogP contribution in [0.15, 0.2) is 45.6 Å². The van der Waals surface area contributed by atoms with E-state index < -0.39 is 6.10 Å². The number of rotatable bonds is 3. The van der Waals surface area contributed by atoms with Gasteiger partial charge in [0.25, 0.3) is 5.91 Å². The van der Waals surface area contributed by atoms with Crippen molar-refractivity contribution in [3.05, 3.63) is 45.6 Å². The van der Waals surface area contributed by atoms with Crippen LogP contribution in [-0.2, 0) is 4.79 Å². The zero-order valence-corrected chi connectivity index (χ0v) is 15.4. The van der Waals surface area contributed by atoms with E-state index in [0.29, 0.717) is 16.6 Å². The van der Waals surface area contributed by atoms with Crippen LogP contribution >= 0.6 is 38.6 Å². The zero-order chi connectivity index (χ0) is 16.5. The second-order valence-corrected chi connectivity index (χ2v) is 8.32. The Morgan fingerprint density at radius 2 is 2.08 bits per heavy atom. The third-order valence-corrected chi connectivity index (χ3v) is 5.76. The van der Waals surface area contributed by atoms with Gasteiger partial charge in [0.1, 0.15) is 6.61 Å². The van der Waals surface area contributed by atoms with E-state index in [9.17, 15) is 4.79 Å². The van der Waals surface area contributed by atoms with Gasteiger partial charge >= 0.3 is 0 Å². The van der Waals surface area contributed by atoms with Crippen molar-refractivity contribution in [1.82, 2.24) is 4.98 Å². The van der Waals surface area contributed by atoms with Gasteiger partial charge in [-0.2, -0.15) is 0 Å². The van der Waals surface area contributed by atoms with Gasteiger partial charge in [-0.15, -0.1) is 22.7 Å². The van der Waals surface area contributed by atoms with E-state index in [1.165, 1.54) is 11.3 Å². The number of hydrogen-bond donors (Lipinski definition) is 1. The summed E-state index contributed by atoms with van der Waals surface area (Å²) >= 11 is 6.42. The lowest BCUT2D eigenvalue weighted by Crippen LogP contribution is -2.40. The van der Waals surface area contributed by atoms with Crippen LogP contribution in [0.25, 0.3) is 10.6 Å². The molecule has 24 heavy (non-hydrogen) atoms. The summed E-state index contributed by atoms with van der Waals surface area (Å²) in [5, 5.41) is 5.26. The Balaban J connectivity index is 1.44. The highest BCUT2D eigenvalue weighted by Crippen LogP contribution is 2.34. The maximum atomic E-state index is 12.4. The normalized spacial score (nSPS) is 16.0. The molecule has 1 aromatic carbocycles. The van der Waals surface area contributed by atoms with E-state index in [-0.39, 0.29) is 12.5 Å². The highest BCUT2D eigenvalue weighted by Gasteiger charge is 2.27. The monoisotopic (exact) mass is 422 g/mol. The number of anilines is 1. The Morgan fingerprint density at radius 1 is 1.25 bits per heavy atom. The number of benzene rings is 1. The highest BCUT2D eigenvalue weighted by molar-refractivity contribution is 9.11. The molecule has 1 atom stereocenters. The summed E-state index contributed by atoms with van der Waals surface area (Å²) < 4.78 is 12.3. The fourth-order valence-corrected chi connectivity index (χ4v) is 4.37. The zero-order valence-electron chi connectivity index (χ0n) is 12.2. The van der Waals surface area contributed by atoms with Gasteiger partial charge < -0.3 is 9.47 Å². The molecule has 4 rings (SSSR count). The molecular weight excluding hydrogens is 412 g/mol. The first-order valence-corrected chi connectivity index (χ1v) is 9.58. The number of fused-ring (bicyclic) bond motifs is 1. The van der Waals surface area contributed by atoms with Gasteiger partial charge in [-0.3, -0.25) is 10.1 Å². The summed E-state index contributed by atoms with van der Waals surface area (Å²) in [5.74, 6) is 0.964. The van der Waals surface area contributed by atoms with E-state index >= 15 is 0 Å². The predicted molar refractivity (Wildman–Crippen MR) is 98.1 cm³/mol. The number of carbonyl (C=O) groups excluding carboxylic acids is 1.